The number of aliphatic hydroxyl groups excluding tert-OH is 1. The van der Waals surface area contributed by atoms with Gasteiger partial charge in [0.25, 0.3) is 0 Å². The molecule has 7 nitrogen and oxygen atoms in total. The van der Waals surface area contributed by atoms with Gasteiger partial charge in [-0.2, -0.15) is 0 Å². The van der Waals surface area contributed by atoms with E-state index in [0.717, 1.165) is 30.5 Å². The van der Waals surface area contributed by atoms with Crippen LogP contribution < -0.4 is 16.4 Å². The number of thioether (sulfide) groups is 1. The number of aliphatic hydroxyl groups is 1. The molecule has 0 radical (unpaired) electrons. The van der Waals surface area contributed by atoms with Gasteiger partial charge in [0.15, 0.2) is 11.6 Å². The van der Waals surface area contributed by atoms with Gasteiger partial charge in [-0.25, -0.2) is 13.2 Å². The molecule has 11 heteroatoms. The number of rotatable bonds is 15. The Morgan fingerprint density at radius 1 is 1.20 bits per heavy atom. The highest BCUT2D eigenvalue weighted by Gasteiger charge is 2.27. The second-order valence-electron chi connectivity index (χ2n) is 11.0. The Morgan fingerprint density at radius 3 is 2.41 bits per heavy atom. The average molecular weight is 637 g/mol. The number of carbonyl (C=O) groups excluding carboxylic acids is 1. The highest BCUT2D eigenvalue weighted by atomic mass is 32.2. The van der Waals surface area contributed by atoms with Crippen molar-refractivity contribution in [2.24, 2.45) is 11.7 Å². The van der Waals surface area contributed by atoms with Gasteiger partial charge in [-0.3, -0.25) is 4.79 Å². The Bertz CT molecular complexity index is 1210. The maximum Gasteiger partial charge on any atom is 0.225 e. The maximum atomic E-state index is 13.5. The van der Waals surface area contributed by atoms with Crippen LogP contribution in [0.3, 0.4) is 0 Å². The second-order valence-corrected chi connectivity index (χ2v) is 12.5. The van der Waals surface area contributed by atoms with Crippen LogP contribution in [-0.4, -0.2) is 58.4 Å². The van der Waals surface area contributed by atoms with Crippen LogP contribution in [0.4, 0.5) is 18.9 Å². The quantitative estimate of drug-likeness (QED) is 0.142. The number of carbonyl (C=O) groups is 1. The van der Waals surface area contributed by atoms with Crippen LogP contribution in [0.1, 0.15) is 51.7 Å². The molecule has 5 N–H and O–H groups in total. The number of hydrogen-bond donors (Lipinski definition) is 4. The zero-order valence-corrected chi connectivity index (χ0v) is 26.9. The first kappa shape index (κ1) is 37.0. The van der Waals surface area contributed by atoms with Gasteiger partial charge in [0.1, 0.15) is 17.7 Å². The second kappa shape index (κ2) is 18.6. The van der Waals surface area contributed by atoms with Gasteiger partial charge < -0.3 is 31.1 Å². The molecule has 44 heavy (non-hydrogen) atoms. The Hall–Kier alpha value is -3.15. The number of amides is 1. The zero-order chi connectivity index (χ0) is 32.8. The molecule has 2 aromatic carbocycles. The first-order valence-electron chi connectivity index (χ1n) is 14.9. The standard InChI is InChI=1S/C19H30N2O2.C14H17F3N2OS/c1-6-18(13-22)23-15(5)19(14(3)4)21-17-10-8-16(9-11-17)12-20-7-2;1-8-19(2-3-21-8)14(20)6-10(18)4-9-5-12(16)13(17)7-11(9)15/h7-11,14,18-22H,2,5-6,12-13H2,1,3-4H3;5,7-8,10H,2-4,6,18H2,1H3/t;8-,10?/m.0/s1. The summed E-state index contributed by atoms with van der Waals surface area (Å²) in [5, 5.41) is 16.0. The third kappa shape index (κ3) is 11.7. The normalized spacial score (nSPS) is 16.4. The van der Waals surface area contributed by atoms with Crippen molar-refractivity contribution >= 4 is 23.4 Å². The Labute approximate surface area is 264 Å². The number of benzene rings is 2. The lowest BCUT2D eigenvalue weighted by Gasteiger charge is -2.28. The molecule has 0 aromatic heterocycles. The topological polar surface area (TPSA) is 99.8 Å². The lowest BCUT2D eigenvalue weighted by molar-refractivity contribution is -0.131. The third-order valence-electron chi connectivity index (χ3n) is 7.18. The van der Waals surface area contributed by atoms with Gasteiger partial charge in [-0.1, -0.05) is 46.1 Å². The molecule has 1 aliphatic heterocycles. The Balaban J connectivity index is 0.000000308. The molecule has 0 bridgehead atoms. The highest BCUT2D eigenvalue weighted by molar-refractivity contribution is 8.00. The van der Waals surface area contributed by atoms with Crippen LogP contribution in [0.5, 0.6) is 0 Å². The lowest BCUT2D eigenvalue weighted by Crippen LogP contribution is -2.38. The van der Waals surface area contributed by atoms with Crippen molar-refractivity contribution in [3.63, 3.8) is 0 Å². The minimum Gasteiger partial charge on any atom is -0.491 e. The Kier molecular flexibility index (Phi) is 15.7. The largest absolute Gasteiger partial charge is 0.491 e. The minimum atomic E-state index is -1.23. The van der Waals surface area contributed by atoms with E-state index >= 15 is 0 Å². The molecule has 4 atom stereocenters. The third-order valence-corrected chi connectivity index (χ3v) is 8.33. The van der Waals surface area contributed by atoms with E-state index in [4.69, 9.17) is 10.5 Å². The molecule has 3 rings (SSSR count). The number of ether oxygens (including phenoxy) is 1. The Morgan fingerprint density at radius 2 is 1.86 bits per heavy atom. The SMILES string of the molecule is C=CNCc1ccc(NC(C(=C)OC(CC)CO)C(C)C)cc1.C[C@@H]1SCCN1C(=O)CC(N)Cc1cc(F)c(F)cc1F. The summed E-state index contributed by atoms with van der Waals surface area (Å²) in [5.74, 6) is -1.41. The van der Waals surface area contributed by atoms with Crippen molar-refractivity contribution < 1.29 is 27.8 Å². The number of halogens is 3. The van der Waals surface area contributed by atoms with Gasteiger partial charge in [-0.15, -0.1) is 11.8 Å². The smallest absolute Gasteiger partial charge is 0.225 e. The van der Waals surface area contributed by atoms with E-state index in [1.807, 2.05) is 26.0 Å². The fourth-order valence-electron chi connectivity index (χ4n) is 4.58. The van der Waals surface area contributed by atoms with Gasteiger partial charge in [0.05, 0.1) is 18.0 Å². The van der Waals surface area contributed by atoms with E-state index in [2.05, 4.69) is 49.8 Å². The first-order valence-corrected chi connectivity index (χ1v) is 15.9. The van der Waals surface area contributed by atoms with Crippen molar-refractivity contribution in [3.8, 4) is 0 Å². The monoisotopic (exact) mass is 636 g/mol. The molecule has 0 saturated carbocycles. The fraction of sp³-hybridized carbons (Fsp3) is 0.485. The average Bonchev–Trinajstić information content (AvgIpc) is 3.42. The molecule has 1 heterocycles. The number of nitrogens with two attached hydrogens (primary N) is 1. The predicted molar refractivity (Wildman–Crippen MR) is 173 cm³/mol. The molecular weight excluding hydrogens is 589 g/mol. The van der Waals surface area contributed by atoms with E-state index in [0.29, 0.717) is 24.3 Å². The molecular formula is C33H47F3N4O3S. The summed E-state index contributed by atoms with van der Waals surface area (Å²) < 4.78 is 45.3. The van der Waals surface area contributed by atoms with Crippen molar-refractivity contribution in [2.75, 3.05) is 24.2 Å². The number of nitrogens with one attached hydrogen (secondary N) is 2. The molecule has 1 aliphatic rings. The van der Waals surface area contributed by atoms with E-state index in [1.54, 1.807) is 22.9 Å². The fourth-order valence-corrected chi connectivity index (χ4v) is 5.63. The summed E-state index contributed by atoms with van der Waals surface area (Å²) in [4.78, 5) is 13.8. The van der Waals surface area contributed by atoms with Crippen molar-refractivity contribution in [3.05, 3.63) is 90.1 Å². The number of anilines is 1. The summed E-state index contributed by atoms with van der Waals surface area (Å²) in [5.41, 5.74) is 8.04. The van der Waals surface area contributed by atoms with Crippen LogP contribution >= 0.6 is 11.8 Å². The van der Waals surface area contributed by atoms with Crippen LogP contribution in [0.2, 0.25) is 0 Å². The summed E-state index contributed by atoms with van der Waals surface area (Å²) in [6.45, 7) is 17.3. The van der Waals surface area contributed by atoms with E-state index in [9.17, 15) is 23.1 Å². The minimum absolute atomic E-state index is 0.00529. The van der Waals surface area contributed by atoms with Crippen molar-refractivity contribution in [1.29, 1.82) is 0 Å². The van der Waals surface area contributed by atoms with Gasteiger partial charge in [0.2, 0.25) is 5.91 Å². The molecule has 0 spiro atoms. The van der Waals surface area contributed by atoms with E-state index in [1.165, 1.54) is 5.56 Å². The highest BCUT2D eigenvalue weighted by Crippen LogP contribution is 2.24. The maximum absolute atomic E-state index is 13.5. The van der Waals surface area contributed by atoms with E-state index < -0.39 is 23.5 Å². The zero-order valence-electron chi connectivity index (χ0n) is 26.1. The predicted octanol–water partition coefficient (Wildman–Crippen LogP) is 5.94. The lowest BCUT2D eigenvalue weighted by atomic mass is 10.0. The summed E-state index contributed by atoms with van der Waals surface area (Å²) in [6.07, 6.45) is 2.30. The molecule has 1 saturated heterocycles. The first-order chi connectivity index (χ1) is 20.9. The summed E-state index contributed by atoms with van der Waals surface area (Å²) >= 11 is 1.68. The van der Waals surface area contributed by atoms with Crippen LogP contribution in [-0.2, 0) is 22.5 Å². The molecule has 1 fully saturated rings. The molecule has 0 aliphatic carbocycles. The molecule has 244 valence electrons. The van der Waals surface area contributed by atoms with Crippen molar-refractivity contribution in [2.45, 2.75) is 77.1 Å². The van der Waals surface area contributed by atoms with Crippen molar-refractivity contribution in [1.82, 2.24) is 10.2 Å². The van der Waals surface area contributed by atoms with Crippen LogP contribution in [0.25, 0.3) is 0 Å². The number of hydrogen-bond acceptors (Lipinski definition) is 7. The molecule has 3 unspecified atom stereocenters. The number of nitrogens with zero attached hydrogens (tertiary/aromatic N) is 1. The summed E-state index contributed by atoms with van der Waals surface area (Å²) in [6, 6.07) is 8.90. The van der Waals surface area contributed by atoms with Crippen LogP contribution in [0.15, 0.2) is 61.5 Å². The molecule has 1 amide bonds. The van der Waals surface area contributed by atoms with Gasteiger partial charge >= 0.3 is 0 Å². The van der Waals surface area contributed by atoms with Gasteiger partial charge in [0, 0.05) is 43.1 Å². The van der Waals surface area contributed by atoms with Gasteiger partial charge in [-0.05, 0) is 61.2 Å². The van der Waals surface area contributed by atoms with E-state index in [-0.39, 0.29) is 48.4 Å². The molecule has 2 aromatic rings. The van der Waals surface area contributed by atoms with Crippen LogP contribution in [0, 0.1) is 23.4 Å². The summed E-state index contributed by atoms with van der Waals surface area (Å²) in [7, 11) is 0.